The van der Waals surface area contributed by atoms with Crippen molar-refractivity contribution in [3.63, 3.8) is 0 Å². The van der Waals surface area contributed by atoms with Crippen molar-refractivity contribution in [2.24, 2.45) is 0 Å². The molecule has 6 rings (SSSR count). The molecule has 0 unspecified atom stereocenters. The number of nitrogen functional groups attached to an aromatic ring is 1. The third-order valence-corrected chi connectivity index (χ3v) is 6.44. The Kier molecular flexibility index (Phi) is 5.67. The highest BCUT2D eigenvalue weighted by atomic mass is 15.2. The lowest BCUT2D eigenvalue weighted by Gasteiger charge is -2.34. The number of fused-ring (bicyclic) bond motifs is 1. The second kappa shape index (κ2) is 9.27. The number of imidazole rings is 1. The Bertz CT molecular complexity index is 1490. The second-order valence-corrected chi connectivity index (χ2v) is 8.97. The van der Waals surface area contributed by atoms with Gasteiger partial charge in [0.25, 0.3) is 0 Å². The number of likely N-dealkylation sites (N-methyl/N-ethyl adjacent to an activating group) is 1. The highest BCUT2D eigenvalue weighted by molar-refractivity contribution is 5.81. The second-order valence-electron chi connectivity index (χ2n) is 8.97. The maximum absolute atomic E-state index is 6.11. The van der Waals surface area contributed by atoms with Gasteiger partial charge in [0.2, 0.25) is 5.95 Å². The molecule has 0 atom stereocenters. The summed E-state index contributed by atoms with van der Waals surface area (Å²) in [5.74, 6) is 1.23. The van der Waals surface area contributed by atoms with Gasteiger partial charge in [-0.3, -0.25) is 9.55 Å². The van der Waals surface area contributed by atoms with E-state index in [0.717, 1.165) is 48.9 Å². The average molecular weight is 478 g/mol. The van der Waals surface area contributed by atoms with Crippen LogP contribution in [0.3, 0.4) is 0 Å². The van der Waals surface area contributed by atoms with Crippen molar-refractivity contribution in [1.29, 1.82) is 0 Å². The molecule has 0 bridgehead atoms. The molecule has 0 radical (unpaired) electrons. The summed E-state index contributed by atoms with van der Waals surface area (Å²) in [6.07, 6.45) is 5.28. The summed E-state index contributed by atoms with van der Waals surface area (Å²) in [7, 11) is 2.17. The fourth-order valence-electron chi connectivity index (χ4n) is 4.48. The lowest BCUT2D eigenvalue weighted by molar-refractivity contribution is 0.313. The monoisotopic (exact) mass is 477 g/mol. The Morgan fingerprint density at radius 1 is 0.861 bits per heavy atom. The van der Waals surface area contributed by atoms with E-state index in [2.05, 4.69) is 56.4 Å². The first-order valence-corrected chi connectivity index (χ1v) is 12.0. The van der Waals surface area contributed by atoms with Crippen molar-refractivity contribution in [2.45, 2.75) is 0 Å². The summed E-state index contributed by atoms with van der Waals surface area (Å²) in [5, 5.41) is 3.35. The van der Waals surface area contributed by atoms with E-state index in [9.17, 15) is 0 Å². The Labute approximate surface area is 209 Å². The van der Waals surface area contributed by atoms with Gasteiger partial charge in [-0.1, -0.05) is 6.07 Å². The van der Waals surface area contributed by atoms with Gasteiger partial charge in [0.15, 0.2) is 5.65 Å². The molecule has 180 valence electrons. The van der Waals surface area contributed by atoms with Crippen molar-refractivity contribution in [1.82, 2.24) is 29.4 Å². The molecule has 0 saturated carbocycles. The van der Waals surface area contributed by atoms with E-state index in [-0.39, 0.29) is 0 Å². The van der Waals surface area contributed by atoms with Crippen LogP contribution in [0.1, 0.15) is 0 Å². The molecule has 2 aromatic carbocycles. The molecular formula is C27H27N9. The van der Waals surface area contributed by atoms with E-state index in [0.29, 0.717) is 22.8 Å². The van der Waals surface area contributed by atoms with Gasteiger partial charge in [-0.05, 0) is 61.6 Å². The van der Waals surface area contributed by atoms with E-state index in [1.54, 1.807) is 18.6 Å². The molecule has 0 amide bonds. The average Bonchev–Trinajstić information content (AvgIpc) is 3.29. The SMILES string of the molecule is CN1CCN(c2ccc(Nc3ncc4nc(-c5cccnc5)n(-c5cccc(N)c5)c4n3)cc2)CC1. The highest BCUT2D eigenvalue weighted by Gasteiger charge is 2.18. The third-order valence-electron chi connectivity index (χ3n) is 6.44. The largest absolute Gasteiger partial charge is 0.399 e. The highest BCUT2D eigenvalue weighted by Crippen LogP contribution is 2.29. The molecule has 1 aliphatic heterocycles. The van der Waals surface area contributed by atoms with Crippen LogP contribution in [0.25, 0.3) is 28.2 Å². The Morgan fingerprint density at radius 2 is 1.69 bits per heavy atom. The smallest absolute Gasteiger partial charge is 0.229 e. The van der Waals surface area contributed by atoms with Crippen LogP contribution in [-0.4, -0.2) is 62.6 Å². The fraction of sp³-hybridized carbons (Fsp3) is 0.185. The zero-order valence-electron chi connectivity index (χ0n) is 20.0. The lowest BCUT2D eigenvalue weighted by Crippen LogP contribution is -2.44. The molecular weight excluding hydrogens is 450 g/mol. The van der Waals surface area contributed by atoms with Crippen molar-refractivity contribution >= 4 is 34.2 Å². The first-order chi connectivity index (χ1) is 17.6. The number of nitrogens with zero attached hydrogens (tertiary/aromatic N) is 7. The fourth-order valence-corrected chi connectivity index (χ4v) is 4.48. The predicted octanol–water partition coefficient (Wildman–Crippen LogP) is 3.96. The van der Waals surface area contributed by atoms with Gasteiger partial charge in [0.1, 0.15) is 11.3 Å². The number of benzene rings is 2. The van der Waals surface area contributed by atoms with Gasteiger partial charge in [-0.2, -0.15) is 4.98 Å². The zero-order valence-corrected chi connectivity index (χ0v) is 20.0. The first-order valence-electron chi connectivity index (χ1n) is 12.0. The van der Waals surface area contributed by atoms with Crippen molar-refractivity contribution in [3.8, 4) is 17.1 Å². The number of hydrogen-bond acceptors (Lipinski definition) is 8. The lowest BCUT2D eigenvalue weighted by atomic mass is 10.2. The van der Waals surface area contributed by atoms with Gasteiger partial charge in [-0.15, -0.1) is 0 Å². The van der Waals surface area contributed by atoms with Crippen LogP contribution in [0.2, 0.25) is 0 Å². The summed E-state index contributed by atoms with van der Waals surface area (Å²) >= 11 is 0. The van der Waals surface area contributed by atoms with Crippen LogP contribution in [-0.2, 0) is 0 Å². The normalized spacial score (nSPS) is 14.3. The number of nitrogens with one attached hydrogen (secondary N) is 1. The first kappa shape index (κ1) is 22.0. The molecule has 9 nitrogen and oxygen atoms in total. The molecule has 9 heteroatoms. The van der Waals surface area contributed by atoms with Crippen LogP contribution in [0.5, 0.6) is 0 Å². The summed E-state index contributed by atoms with van der Waals surface area (Å²) in [6.45, 7) is 4.23. The predicted molar refractivity (Wildman–Crippen MR) is 144 cm³/mol. The minimum atomic E-state index is 0.498. The number of pyridine rings is 1. The Balaban J connectivity index is 1.35. The van der Waals surface area contributed by atoms with Crippen LogP contribution in [0, 0.1) is 0 Å². The molecule has 1 fully saturated rings. The summed E-state index contributed by atoms with van der Waals surface area (Å²) in [6, 6.07) is 20.0. The summed E-state index contributed by atoms with van der Waals surface area (Å²) in [5.41, 5.74) is 12.1. The van der Waals surface area contributed by atoms with Crippen LogP contribution < -0.4 is 16.0 Å². The summed E-state index contributed by atoms with van der Waals surface area (Å²) < 4.78 is 1.99. The molecule has 1 aliphatic rings. The van der Waals surface area contributed by atoms with E-state index in [1.165, 1.54) is 5.69 Å². The number of piperazine rings is 1. The topological polar surface area (TPSA) is 101 Å². The molecule has 3 N–H and O–H groups in total. The van der Waals surface area contributed by atoms with Gasteiger partial charge in [0.05, 0.1) is 11.9 Å². The number of hydrogen-bond donors (Lipinski definition) is 2. The molecule has 3 aromatic heterocycles. The van der Waals surface area contributed by atoms with Crippen LogP contribution in [0.4, 0.5) is 23.0 Å². The van der Waals surface area contributed by atoms with E-state index in [1.807, 2.05) is 41.0 Å². The standard InChI is InChI=1S/C27H27N9/c1-34-12-14-35(15-13-34)22-9-7-21(8-10-22)31-27-30-18-24-26(33-27)36(23-6-2-5-20(28)16-23)25(32-24)19-4-3-11-29-17-19/h2-11,16-18H,12-15,28H2,1H3,(H,30,31,33). The van der Waals surface area contributed by atoms with Crippen molar-refractivity contribution in [2.75, 3.05) is 49.2 Å². The van der Waals surface area contributed by atoms with E-state index >= 15 is 0 Å². The number of anilines is 4. The van der Waals surface area contributed by atoms with E-state index in [4.69, 9.17) is 15.7 Å². The van der Waals surface area contributed by atoms with Gasteiger partial charge < -0.3 is 20.9 Å². The maximum atomic E-state index is 6.11. The summed E-state index contributed by atoms with van der Waals surface area (Å²) in [4.78, 5) is 23.2. The maximum Gasteiger partial charge on any atom is 0.229 e. The molecule has 4 heterocycles. The molecule has 1 saturated heterocycles. The van der Waals surface area contributed by atoms with Crippen LogP contribution in [0.15, 0.2) is 79.3 Å². The molecule has 0 aliphatic carbocycles. The number of aromatic nitrogens is 5. The Hall–Kier alpha value is -4.50. The van der Waals surface area contributed by atoms with Crippen LogP contribution >= 0.6 is 0 Å². The quantitative estimate of drug-likeness (QED) is 0.367. The third kappa shape index (κ3) is 4.32. The minimum absolute atomic E-state index is 0.498. The molecule has 36 heavy (non-hydrogen) atoms. The minimum Gasteiger partial charge on any atom is -0.399 e. The number of nitrogens with two attached hydrogens (primary N) is 1. The van der Waals surface area contributed by atoms with Gasteiger partial charge >= 0.3 is 0 Å². The van der Waals surface area contributed by atoms with Gasteiger partial charge in [-0.25, -0.2) is 9.97 Å². The molecule has 5 aromatic rings. The Morgan fingerprint density at radius 3 is 2.44 bits per heavy atom. The molecule has 0 spiro atoms. The van der Waals surface area contributed by atoms with Gasteiger partial charge in [0, 0.05) is 61.2 Å². The van der Waals surface area contributed by atoms with Crippen molar-refractivity contribution in [3.05, 3.63) is 79.3 Å². The number of rotatable bonds is 5. The zero-order chi connectivity index (χ0) is 24.5. The van der Waals surface area contributed by atoms with E-state index < -0.39 is 0 Å². The van der Waals surface area contributed by atoms with Crippen molar-refractivity contribution < 1.29 is 0 Å².